The van der Waals surface area contributed by atoms with E-state index in [0.29, 0.717) is 5.54 Å². The average molecular weight is 319 g/mol. The van der Waals surface area contributed by atoms with E-state index in [1.807, 2.05) is 23.9 Å². The van der Waals surface area contributed by atoms with Crippen LogP contribution in [0, 0.1) is 11.3 Å². The third-order valence-electron chi connectivity index (χ3n) is 4.45. The molecule has 21 heavy (non-hydrogen) atoms. The second kappa shape index (κ2) is 6.41. The maximum Gasteiger partial charge on any atom is 0.165 e. The number of hydrogen-bond donors (Lipinski definition) is 0. The normalized spacial score (nSPS) is 22.3. The van der Waals surface area contributed by atoms with E-state index in [0.717, 1.165) is 16.4 Å². The molecular weight excluding hydrogens is 298 g/mol. The fourth-order valence-electron chi connectivity index (χ4n) is 3.29. The summed E-state index contributed by atoms with van der Waals surface area (Å²) in [6, 6.07) is 6.03. The molecule has 112 valence electrons. The van der Waals surface area contributed by atoms with E-state index in [4.69, 9.17) is 10.3 Å². The Bertz CT molecular complexity index is 564. The first-order chi connectivity index (χ1) is 10.3. The molecule has 1 aliphatic carbocycles. The number of nitrogens with zero attached hydrogens (tertiary/aromatic N) is 3. The first kappa shape index (κ1) is 14.9. The van der Waals surface area contributed by atoms with Crippen LogP contribution in [-0.2, 0) is 0 Å². The maximum absolute atomic E-state index is 8.94. The smallest absolute Gasteiger partial charge is 0.165 e. The van der Waals surface area contributed by atoms with Gasteiger partial charge in [0.05, 0.1) is 5.54 Å². The molecule has 5 heteroatoms. The first-order valence-corrected chi connectivity index (χ1v) is 9.57. The molecule has 1 saturated heterocycles. The monoisotopic (exact) mass is 319 g/mol. The highest BCUT2D eigenvalue weighted by molar-refractivity contribution is 8.14. The lowest BCUT2D eigenvalue weighted by atomic mass is 9.98. The molecule has 2 heterocycles. The molecule has 0 radical (unpaired) electrons. The Morgan fingerprint density at radius 1 is 1.38 bits per heavy atom. The highest BCUT2D eigenvalue weighted by Gasteiger charge is 2.46. The van der Waals surface area contributed by atoms with Crippen molar-refractivity contribution in [1.82, 2.24) is 4.90 Å². The molecule has 1 aromatic heterocycles. The zero-order valence-electron chi connectivity index (χ0n) is 12.5. The number of thioether (sulfide) groups is 1. The summed E-state index contributed by atoms with van der Waals surface area (Å²) >= 11 is 3.40. The molecule has 3 rings (SSSR count). The lowest BCUT2D eigenvalue weighted by Crippen LogP contribution is -2.45. The molecular formula is C16H21N3S2. The fraction of sp³-hybridized carbons (Fsp3) is 0.625. The minimum Gasteiger partial charge on any atom is -0.345 e. The summed E-state index contributed by atoms with van der Waals surface area (Å²) in [6.45, 7) is 3.37. The van der Waals surface area contributed by atoms with Gasteiger partial charge in [0, 0.05) is 12.3 Å². The number of amidine groups is 1. The van der Waals surface area contributed by atoms with Crippen LogP contribution in [0.1, 0.15) is 50.3 Å². The Hall–Kier alpha value is -0.990. The Balaban J connectivity index is 1.84. The lowest BCUT2D eigenvalue weighted by Gasteiger charge is -2.35. The molecule has 3 nitrogen and oxygen atoms in total. The van der Waals surface area contributed by atoms with Gasteiger partial charge in [0.2, 0.25) is 0 Å². The summed E-state index contributed by atoms with van der Waals surface area (Å²) in [7, 11) is 0. The van der Waals surface area contributed by atoms with E-state index in [-0.39, 0.29) is 0 Å². The highest BCUT2D eigenvalue weighted by Crippen LogP contribution is 2.45. The van der Waals surface area contributed by atoms with Crippen molar-refractivity contribution < 1.29 is 0 Å². The lowest BCUT2D eigenvalue weighted by molar-refractivity contribution is 0.214. The topological polar surface area (TPSA) is 39.4 Å². The van der Waals surface area contributed by atoms with Crippen LogP contribution in [0.25, 0.3) is 0 Å². The number of hydrogen-bond acceptors (Lipinski definition) is 4. The van der Waals surface area contributed by atoms with Gasteiger partial charge in [-0.25, -0.2) is 4.99 Å². The van der Waals surface area contributed by atoms with Crippen LogP contribution < -0.4 is 0 Å². The van der Waals surface area contributed by atoms with Gasteiger partial charge in [-0.15, -0.1) is 11.3 Å². The van der Waals surface area contributed by atoms with Crippen molar-refractivity contribution in [2.24, 2.45) is 4.99 Å². The molecule has 1 aromatic rings. The van der Waals surface area contributed by atoms with Crippen LogP contribution in [0.4, 0.5) is 5.00 Å². The largest absolute Gasteiger partial charge is 0.345 e. The van der Waals surface area contributed by atoms with Crippen molar-refractivity contribution in [3.05, 3.63) is 17.0 Å². The van der Waals surface area contributed by atoms with Gasteiger partial charge in [-0.3, -0.25) is 0 Å². The highest BCUT2D eigenvalue weighted by atomic mass is 32.2. The van der Waals surface area contributed by atoms with E-state index in [9.17, 15) is 0 Å². The van der Waals surface area contributed by atoms with Crippen LogP contribution in [0.2, 0.25) is 0 Å². The second-order valence-corrected chi connectivity index (χ2v) is 7.87. The predicted octanol–water partition coefficient (Wildman–Crippen LogP) is 4.77. The van der Waals surface area contributed by atoms with Crippen molar-refractivity contribution in [2.45, 2.75) is 51.0 Å². The van der Waals surface area contributed by atoms with Gasteiger partial charge < -0.3 is 4.90 Å². The van der Waals surface area contributed by atoms with Crippen LogP contribution in [0.15, 0.2) is 17.1 Å². The van der Waals surface area contributed by atoms with Gasteiger partial charge in [0.25, 0.3) is 0 Å². The van der Waals surface area contributed by atoms with Gasteiger partial charge in [0.1, 0.15) is 15.9 Å². The van der Waals surface area contributed by atoms with Crippen LogP contribution >= 0.6 is 23.1 Å². The molecule has 0 atom stereocenters. The third-order valence-corrected chi connectivity index (χ3v) is 6.59. The molecule has 2 fully saturated rings. The Kier molecular flexibility index (Phi) is 4.56. The van der Waals surface area contributed by atoms with E-state index in [1.54, 1.807) is 0 Å². The molecule has 0 N–H and O–H groups in total. The fourth-order valence-corrected chi connectivity index (χ4v) is 5.47. The van der Waals surface area contributed by atoms with Crippen molar-refractivity contribution in [1.29, 1.82) is 5.26 Å². The second-order valence-electron chi connectivity index (χ2n) is 5.87. The Labute approximate surface area is 135 Å². The van der Waals surface area contributed by atoms with Crippen LogP contribution in [0.5, 0.6) is 0 Å². The summed E-state index contributed by atoms with van der Waals surface area (Å²) in [5.41, 5.74) is 0.369. The van der Waals surface area contributed by atoms with Crippen molar-refractivity contribution in [3.63, 3.8) is 0 Å². The van der Waals surface area contributed by atoms with Gasteiger partial charge in [0.15, 0.2) is 5.17 Å². The molecule has 0 amide bonds. The minimum atomic E-state index is 0.369. The summed E-state index contributed by atoms with van der Waals surface area (Å²) in [5, 5.41) is 11.1. The zero-order chi connectivity index (χ0) is 14.7. The summed E-state index contributed by atoms with van der Waals surface area (Å²) in [6.07, 6.45) is 7.80. The maximum atomic E-state index is 8.94. The van der Waals surface area contributed by atoms with Gasteiger partial charge in [-0.1, -0.05) is 37.9 Å². The summed E-state index contributed by atoms with van der Waals surface area (Å²) in [4.78, 5) is 8.18. The number of unbranched alkanes of at least 4 members (excludes halogenated alkanes) is 1. The van der Waals surface area contributed by atoms with E-state index < -0.39 is 0 Å². The Morgan fingerprint density at radius 3 is 2.86 bits per heavy atom. The van der Waals surface area contributed by atoms with E-state index in [2.05, 4.69) is 17.9 Å². The van der Waals surface area contributed by atoms with Crippen molar-refractivity contribution in [3.8, 4) is 6.07 Å². The van der Waals surface area contributed by atoms with E-state index >= 15 is 0 Å². The predicted molar refractivity (Wildman–Crippen MR) is 91.4 cm³/mol. The molecule has 0 aromatic carbocycles. The first-order valence-electron chi connectivity index (χ1n) is 7.76. The molecule has 2 aliphatic rings. The molecule has 0 unspecified atom stereocenters. The van der Waals surface area contributed by atoms with Crippen molar-refractivity contribution in [2.75, 3.05) is 12.3 Å². The third kappa shape index (κ3) is 2.97. The number of rotatable bonds is 4. The average Bonchev–Trinajstić information content (AvgIpc) is 3.21. The standard InChI is InChI=1S/C16H21N3S2/c1-2-3-10-19-15(18-14-7-6-13(11-17)21-14)20-12-16(19)8-4-5-9-16/h6-7H,2-5,8-10,12H2,1H3. The summed E-state index contributed by atoms with van der Waals surface area (Å²) in [5.74, 6) is 1.19. The molecule has 1 spiro atoms. The molecule has 0 bridgehead atoms. The number of thiophene rings is 1. The number of aliphatic imine (C=N–C) groups is 1. The van der Waals surface area contributed by atoms with Gasteiger partial charge in [-0.2, -0.15) is 5.26 Å². The van der Waals surface area contributed by atoms with Crippen LogP contribution in [-0.4, -0.2) is 27.9 Å². The Morgan fingerprint density at radius 2 is 2.19 bits per heavy atom. The van der Waals surface area contributed by atoms with Gasteiger partial charge >= 0.3 is 0 Å². The van der Waals surface area contributed by atoms with Crippen LogP contribution in [0.3, 0.4) is 0 Å². The SMILES string of the molecule is CCCCN1C(=Nc2ccc(C#N)s2)SCC12CCCC2. The molecule has 1 aliphatic heterocycles. The van der Waals surface area contributed by atoms with Gasteiger partial charge in [-0.05, 0) is 31.4 Å². The number of nitriles is 1. The minimum absolute atomic E-state index is 0.369. The summed E-state index contributed by atoms with van der Waals surface area (Å²) < 4.78 is 0. The quantitative estimate of drug-likeness (QED) is 0.802. The van der Waals surface area contributed by atoms with Crippen molar-refractivity contribution >= 4 is 33.3 Å². The molecule has 1 saturated carbocycles. The zero-order valence-corrected chi connectivity index (χ0v) is 14.1. The van der Waals surface area contributed by atoms with E-state index in [1.165, 1.54) is 60.8 Å².